The van der Waals surface area contributed by atoms with Gasteiger partial charge in [-0.25, -0.2) is 5.10 Å². The van der Waals surface area contributed by atoms with E-state index in [0.29, 0.717) is 36.0 Å². The number of benzene rings is 2. The molecular formula is C25H25ClN4O3. The van der Waals surface area contributed by atoms with Crippen LogP contribution in [0.3, 0.4) is 0 Å². The molecule has 3 heterocycles. The molecule has 170 valence electrons. The molecule has 3 N–H and O–H groups in total. The summed E-state index contributed by atoms with van der Waals surface area (Å²) in [6, 6.07) is 11.5. The smallest absolute Gasteiger partial charge is 0.216 e. The van der Waals surface area contributed by atoms with Gasteiger partial charge in [0.25, 0.3) is 0 Å². The molecule has 5 rings (SSSR count). The summed E-state index contributed by atoms with van der Waals surface area (Å²) in [4.78, 5) is 13.6. The third-order valence-electron chi connectivity index (χ3n) is 6.05. The molecule has 1 unspecified atom stereocenters. The van der Waals surface area contributed by atoms with Crippen molar-refractivity contribution in [2.45, 2.75) is 25.9 Å². The van der Waals surface area contributed by atoms with Crippen LogP contribution in [0.4, 0.5) is 0 Å². The van der Waals surface area contributed by atoms with E-state index in [4.69, 9.17) is 26.8 Å². The monoisotopic (exact) mass is 464 g/mol. The molecule has 1 aliphatic heterocycles. The molecular weight excluding hydrogens is 440 g/mol. The first-order valence-electron chi connectivity index (χ1n) is 10.9. The van der Waals surface area contributed by atoms with E-state index in [1.54, 1.807) is 19.4 Å². The molecule has 0 radical (unpaired) electrons. The number of carbonyl (C=O) groups is 1. The molecule has 8 heteroatoms. The van der Waals surface area contributed by atoms with Crippen molar-refractivity contribution in [1.82, 2.24) is 14.8 Å². The maximum absolute atomic E-state index is 13.6. The van der Waals surface area contributed by atoms with E-state index in [9.17, 15) is 4.79 Å². The Morgan fingerprint density at radius 2 is 2.21 bits per heavy atom. The highest BCUT2D eigenvalue weighted by molar-refractivity contribution is 6.30. The summed E-state index contributed by atoms with van der Waals surface area (Å²) in [6.45, 7) is 2.89. The van der Waals surface area contributed by atoms with E-state index >= 15 is 0 Å². The van der Waals surface area contributed by atoms with E-state index in [2.05, 4.69) is 14.8 Å². The molecule has 0 saturated heterocycles. The fourth-order valence-electron chi connectivity index (χ4n) is 4.50. The van der Waals surface area contributed by atoms with Crippen molar-refractivity contribution < 1.29 is 14.3 Å². The highest BCUT2D eigenvalue weighted by Gasteiger charge is 2.29. The minimum atomic E-state index is -0.279. The molecule has 0 amide bonds. The zero-order chi connectivity index (χ0) is 23.1. The predicted molar refractivity (Wildman–Crippen MR) is 128 cm³/mol. The Morgan fingerprint density at radius 3 is 3.00 bits per heavy atom. The van der Waals surface area contributed by atoms with Gasteiger partial charge in [0.2, 0.25) is 5.88 Å². The van der Waals surface area contributed by atoms with Crippen LogP contribution in [0.1, 0.15) is 22.8 Å². The van der Waals surface area contributed by atoms with Crippen molar-refractivity contribution in [1.29, 1.82) is 0 Å². The molecule has 2 aromatic heterocycles. The Bertz CT molecular complexity index is 1340. The minimum Gasteiger partial charge on any atom is -0.493 e. The van der Waals surface area contributed by atoms with Crippen LogP contribution in [0.2, 0.25) is 5.02 Å². The van der Waals surface area contributed by atoms with E-state index in [0.717, 1.165) is 33.3 Å². The number of fused-ring (bicyclic) bond motifs is 2. The Balaban J connectivity index is 1.54. The molecule has 4 aromatic rings. The first kappa shape index (κ1) is 21.6. The van der Waals surface area contributed by atoms with Gasteiger partial charge in [-0.3, -0.25) is 4.79 Å². The molecule has 1 aliphatic rings. The molecule has 33 heavy (non-hydrogen) atoms. The number of methoxy groups -OCH3 is 1. The number of rotatable bonds is 6. The maximum Gasteiger partial charge on any atom is 0.216 e. The lowest BCUT2D eigenvalue weighted by Gasteiger charge is -2.24. The average molecular weight is 465 g/mol. The van der Waals surface area contributed by atoms with Crippen LogP contribution in [0, 0.1) is 5.92 Å². The van der Waals surface area contributed by atoms with Crippen LogP contribution in [-0.4, -0.2) is 40.3 Å². The van der Waals surface area contributed by atoms with Gasteiger partial charge in [-0.1, -0.05) is 23.7 Å². The zero-order valence-corrected chi connectivity index (χ0v) is 19.2. The van der Waals surface area contributed by atoms with Crippen molar-refractivity contribution in [3.63, 3.8) is 0 Å². The summed E-state index contributed by atoms with van der Waals surface area (Å²) in [5, 5.41) is 8.47. The third-order valence-corrected chi connectivity index (χ3v) is 6.29. The number of aromatic nitrogens is 3. The maximum atomic E-state index is 13.6. The first-order chi connectivity index (χ1) is 15.9. The van der Waals surface area contributed by atoms with E-state index in [1.165, 1.54) is 0 Å². The standard InChI is InChI=1S/C25H25ClN4O3/c1-14(27)11-30-12-21(24(31)17-7-16-8-18(26)4-6-23(16)33-13-17)19-5-3-15(9-22(19)30)20-10-28-29-25(20)32-2/h3-6,8-10,12,14,17H,7,11,13,27H2,1-2H3,(H,28,29)/t14-,17?/m1/s1. The van der Waals surface area contributed by atoms with Gasteiger partial charge in [-0.05, 0) is 48.7 Å². The third kappa shape index (κ3) is 3.98. The molecule has 0 saturated carbocycles. The molecule has 7 nitrogen and oxygen atoms in total. The van der Waals surface area contributed by atoms with Gasteiger partial charge in [-0.15, -0.1) is 0 Å². The molecule has 0 spiro atoms. The number of Topliss-reactive ketones (excluding diaryl/α,β-unsaturated/α-hetero) is 1. The average Bonchev–Trinajstić information content (AvgIpc) is 3.42. The highest BCUT2D eigenvalue weighted by Crippen LogP contribution is 2.35. The number of nitrogens with zero attached hydrogens (tertiary/aromatic N) is 2. The van der Waals surface area contributed by atoms with Crippen molar-refractivity contribution in [3.05, 3.63) is 64.9 Å². The van der Waals surface area contributed by atoms with Gasteiger partial charge in [0.15, 0.2) is 5.78 Å². The second-order valence-electron chi connectivity index (χ2n) is 8.55. The Kier molecular flexibility index (Phi) is 5.60. The van der Waals surface area contributed by atoms with E-state index in [1.807, 2.05) is 43.5 Å². The van der Waals surface area contributed by atoms with Gasteiger partial charge in [0, 0.05) is 40.3 Å². The lowest BCUT2D eigenvalue weighted by molar-refractivity contribution is 0.0856. The topological polar surface area (TPSA) is 95.2 Å². The summed E-state index contributed by atoms with van der Waals surface area (Å²) in [7, 11) is 1.60. The lowest BCUT2D eigenvalue weighted by atomic mass is 9.89. The van der Waals surface area contributed by atoms with Gasteiger partial charge in [0.1, 0.15) is 5.75 Å². The summed E-state index contributed by atoms with van der Waals surface area (Å²) in [6.07, 6.45) is 4.24. The SMILES string of the molecule is COc1[nH]ncc1-c1ccc2c(C(=O)C3COc4ccc(Cl)cc4C3)cn(C[C@@H](C)N)c2c1. The summed E-state index contributed by atoms with van der Waals surface area (Å²) in [5.74, 6) is 1.16. The minimum absolute atomic E-state index is 0.0580. The largest absolute Gasteiger partial charge is 0.493 e. The molecule has 2 aromatic carbocycles. The Morgan fingerprint density at radius 1 is 1.36 bits per heavy atom. The van der Waals surface area contributed by atoms with Crippen molar-refractivity contribution in [3.8, 4) is 22.8 Å². The van der Waals surface area contributed by atoms with Gasteiger partial charge < -0.3 is 19.8 Å². The Labute approximate surface area is 196 Å². The number of ether oxygens (including phenoxy) is 2. The lowest BCUT2D eigenvalue weighted by Crippen LogP contribution is -2.28. The zero-order valence-electron chi connectivity index (χ0n) is 18.5. The predicted octanol–water partition coefficient (Wildman–Crippen LogP) is 4.47. The fourth-order valence-corrected chi connectivity index (χ4v) is 4.70. The number of nitrogens with one attached hydrogen (secondary N) is 1. The second-order valence-corrected chi connectivity index (χ2v) is 8.99. The van der Waals surface area contributed by atoms with Crippen LogP contribution in [0.15, 0.2) is 48.8 Å². The number of hydrogen-bond acceptors (Lipinski definition) is 5. The van der Waals surface area contributed by atoms with Crippen molar-refractivity contribution in [2.75, 3.05) is 13.7 Å². The van der Waals surface area contributed by atoms with Gasteiger partial charge in [-0.2, -0.15) is 5.10 Å². The van der Waals surface area contributed by atoms with E-state index < -0.39 is 0 Å². The van der Waals surface area contributed by atoms with Crippen LogP contribution in [0.5, 0.6) is 11.6 Å². The van der Waals surface area contributed by atoms with Crippen LogP contribution in [-0.2, 0) is 13.0 Å². The molecule has 0 fully saturated rings. The summed E-state index contributed by atoms with van der Waals surface area (Å²) in [5.41, 5.74) is 10.5. The number of aromatic amines is 1. The van der Waals surface area contributed by atoms with Crippen molar-refractivity contribution >= 4 is 28.3 Å². The van der Waals surface area contributed by atoms with Crippen LogP contribution >= 0.6 is 11.6 Å². The quantitative estimate of drug-likeness (QED) is 0.410. The van der Waals surface area contributed by atoms with E-state index in [-0.39, 0.29) is 17.7 Å². The van der Waals surface area contributed by atoms with Crippen LogP contribution < -0.4 is 15.2 Å². The summed E-state index contributed by atoms with van der Waals surface area (Å²) >= 11 is 6.16. The number of halogens is 1. The second kappa shape index (κ2) is 8.57. The molecule has 0 bridgehead atoms. The number of hydrogen-bond donors (Lipinski definition) is 2. The summed E-state index contributed by atoms with van der Waals surface area (Å²) < 4.78 is 13.3. The number of nitrogens with two attached hydrogens (primary N) is 1. The molecule has 2 atom stereocenters. The fraction of sp³-hybridized carbons (Fsp3) is 0.280. The first-order valence-corrected chi connectivity index (χ1v) is 11.2. The van der Waals surface area contributed by atoms with Gasteiger partial charge >= 0.3 is 0 Å². The highest BCUT2D eigenvalue weighted by atomic mass is 35.5. The number of ketones is 1. The number of carbonyl (C=O) groups excluding carboxylic acids is 1. The van der Waals surface area contributed by atoms with Crippen molar-refractivity contribution in [2.24, 2.45) is 11.7 Å². The molecule has 0 aliphatic carbocycles. The van der Waals surface area contributed by atoms with Gasteiger partial charge in [0.05, 0.1) is 31.4 Å². The number of H-pyrrole nitrogens is 1. The van der Waals surface area contributed by atoms with Crippen LogP contribution in [0.25, 0.3) is 22.0 Å². The Hall–Kier alpha value is -3.29. The normalized spacial score (nSPS) is 16.3.